The molecule has 0 aliphatic rings. The molecule has 0 saturated carbocycles. The first-order chi connectivity index (χ1) is 17.5. The second kappa shape index (κ2) is 13.4. The van der Waals surface area contributed by atoms with Gasteiger partial charge in [-0.1, -0.05) is 60.7 Å². The molecule has 1 N–H and O–H groups in total. The van der Waals surface area contributed by atoms with Crippen molar-refractivity contribution < 1.29 is 28.5 Å². The van der Waals surface area contributed by atoms with Crippen LogP contribution in [0.15, 0.2) is 84.9 Å². The minimum Gasteiger partial charge on any atom is -0.493 e. The van der Waals surface area contributed by atoms with Crippen LogP contribution in [0.4, 0.5) is 0 Å². The number of hydrogen-bond donors (Lipinski definition) is 1. The predicted molar refractivity (Wildman–Crippen MR) is 139 cm³/mol. The Morgan fingerprint density at radius 1 is 0.778 bits per heavy atom. The van der Waals surface area contributed by atoms with Gasteiger partial charge in [-0.3, -0.25) is 4.79 Å². The Bertz CT molecular complexity index is 1180. The summed E-state index contributed by atoms with van der Waals surface area (Å²) in [4.78, 5) is 25.1. The summed E-state index contributed by atoms with van der Waals surface area (Å²) in [6.07, 6.45) is 5.32. The van der Waals surface area contributed by atoms with Crippen LogP contribution in [0.3, 0.4) is 0 Å². The van der Waals surface area contributed by atoms with Crippen LogP contribution in [0.1, 0.15) is 22.8 Å². The van der Waals surface area contributed by atoms with E-state index < -0.39 is 12.1 Å². The van der Waals surface area contributed by atoms with Gasteiger partial charge in [0.15, 0.2) is 11.5 Å². The van der Waals surface area contributed by atoms with E-state index in [0.29, 0.717) is 22.8 Å². The van der Waals surface area contributed by atoms with E-state index in [9.17, 15) is 9.59 Å². The second-order valence-electron chi connectivity index (χ2n) is 7.62. The number of nitrogens with one attached hydrogen (secondary N) is 1. The lowest BCUT2D eigenvalue weighted by Gasteiger charge is -2.21. The Labute approximate surface area is 211 Å². The van der Waals surface area contributed by atoms with Gasteiger partial charge in [0.1, 0.15) is 6.10 Å². The topological polar surface area (TPSA) is 83.1 Å². The van der Waals surface area contributed by atoms with Gasteiger partial charge in [0.25, 0.3) is 0 Å². The molecule has 0 spiro atoms. The number of ether oxygens (including phenoxy) is 4. The van der Waals surface area contributed by atoms with E-state index in [-0.39, 0.29) is 12.5 Å². The summed E-state index contributed by atoms with van der Waals surface area (Å²) in [6, 6.07) is 22.2. The van der Waals surface area contributed by atoms with Crippen LogP contribution in [-0.2, 0) is 14.3 Å². The van der Waals surface area contributed by atoms with Crippen molar-refractivity contribution in [1.29, 1.82) is 0 Å². The summed E-state index contributed by atoms with van der Waals surface area (Å²) in [5.41, 5.74) is 2.32. The number of carbonyl (C=O) groups is 2. The van der Waals surface area contributed by atoms with Crippen LogP contribution in [0.5, 0.6) is 17.2 Å². The highest BCUT2D eigenvalue weighted by atomic mass is 16.5. The van der Waals surface area contributed by atoms with E-state index >= 15 is 0 Å². The fraction of sp³-hybridized carbons (Fsp3) is 0.172. The minimum absolute atomic E-state index is 0.0293. The van der Waals surface area contributed by atoms with E-state index in [1.807, 2.05) is 60.7 Å². The highest BCUT2D eigenvalue weighted by Crippen LogP contribution is 2.40. The molecular weight excluding hydrogens is 458 g/mol. The molecule has 0 heterocycles. The Kier molecular flexibility index (Phi) is 9.70. The van der Waals surface area contributed by atoms with Gasteiger partial charge in [-0.2, -0.15) is 0 Å². The summed E-state index contributed by atoms with van der Waals surface area (Å²) in [5.74, 6) is 0.331. The molecule has 1 atom stereocenters. The first-order valence-electron chi connectivity index (χ1n) is 11.3. The van der Waals surface area contributed by atoms with E-state index in [0.717, 1.165) is 11.1 Å². The highest BCUT2D eigenvalue weighted by Gasteiger charge is 2.22. The summed E-state index contributed by atoms with van der Waals surface area (Å²) in [6.45, 7) is 0.0293. The molecule has 0 fully saturated rings. The standard InChI is InChI=1S/C29H29NO6/c1-33-24-18-23(19-25(34-2)29(24)35-3)26(36-28(32)17-15-22-12-8-5-9-13-22)20-30-27(31)16-14-21-10-6-4-7-11-21/h4-19,26H,20H2,1-3H3,(H,30,31)/b16-14+,17-15+/t26-/m1/s1. The molecule has 3 aromatic carbocycles. The minimum atomic E-state index is -0.819. The number of benzene rings is 3. The van der Waals surface area contributed by atoms with Crippen LogP contribution < -0.4 is 19.5 Å². The molecule has 186 valence electrons. The number of carbonyl (C=O) groups excluding carboxylic acids is 2. The largest absolute Gasteiger partial charge is 0.493 e. The third-order valence-electron chi connectivity index (χ3n) is 5.22. The molecule has 0 aromatic heterocycles. The zero-order valence-corrected chi connectivity index (χ0v) is 20.5. The fourth-order valence-corrected chi connectivity index (χ4v) is 3.41. The summed E-state index contributed by atoms with van der Waals surface area (Å²) in [7, 11) is 4.51. The molecule has 0 aliphatic carbocycles. The first kappa shape index (κ1) is 26.1. The van der Waals surface area contributed by atoms with E-state index in [1.54, 1.807) is 24.3 Å². The van der Waals surface area contributed by atoms with Crippen LogP contribution in [-0.4, -0.2) is 39.8 Å². The summed E-state index contributed by atoms with van der Waals surface area (Å²) in [5, 5.41) is 2.79. The smallest absolute Gasteiger partial charge is 0.331 e. The Hall–Kier alpha value is -4.52. The number of amides is 1. The van der Waals surface area contributed by atoms with Crippen molar-refractivity contribution in [2.24, 2.45) is 0 Å². The molecule has 0 radical (unpaired) electrons. The molecule has 0 saturated heterocycles. The molecule has 1 amide bonds. The van der Waals surface area contributed by atoms with Gasteiger partial charge in [0.2, 0.25) is 11.7 Å². The third kappa shape index (κ3) is 7.50. The number of esters is 1. The van der Waals surface area contributed by atoms with Crippen LogP contribution in [0, 0.1) is 0 Å². The number of hydrogen-bond acceptors (Lipinski definition) is 6. The Morgan fingerprint density at radius 3 is 1.81 bits per heavy atom. The van der Waals surface area contributed by atoms with Crippen molar-refractivity contribution in [3.63, 3.8) is 0 Å². The van der Waals surface area contributed by atoms with Crippen molar-refractivity contribution in [3.05, 3.63) is 102 Å². The average Bonchev–Trinajstić information content (AvgIpc) is 2.93. The van der Waals surface area contributed by atoms with Crippen LogP contribution in [0.2, 0.25) is 0 Å². The van der Waals surface area contributed by atoms with Gasteiger partial charge in [0, 0.05) is 17.7 Å². The molecule has 0 unspecified atom stereocenters. The lowest BCUT2D eigenvalue weighted by Crippen LogP contribution is -2.29. The molecular formula is C29H29NO6. The SMILES string of the molecule is COc1cc([C@@H](CNC(=O)/C=C/c2ccccc2)OC(=O)/C=C/c2ccccc2)cc(OC)c1OC. The van der Waals surface area contributed by atoms with Crippen molar-refractivity contribution in [2.45, 2.75) is 6.10 Å². The van der Waals surface area contributed by atoms with Gasteiger partial charge in [0.05, 0.1) is 27.9 Å². The average molecular weight is 488 g/mol. The van der Waals surface area contributed by atoms with Gasteiger partial charge < -0.3 is 24.3 Å². The van der Waals surface area contributed by atoms with Crippen LogP contribution >= 0.6 is 0 Å². The maximum atomic E-state index is 12.7. The second-order valence-corrected chi connectivity index (χ2v) is 7.62. The molecule has 3 rings (SSSR count). The maximum absolute atomic E-state index is 12.7. The number of rotatable bonds is 11. The van der Waals surface area contributed by atoms with Gasteiger partial charge >= 0.3 is 5.97 Å². The van der Waals surface area contributed by atoms with Crippen molar-refractivity contribution in [1.82, 2.24) is 5.32 Å². The fourth-order valence-electron chi connectivity index (χ4n) is 3.41. The highest BCUT2D eigenvalue weighted by molar-refractivity contribution is 5.91. The van der Waals surface area contributed by atoms with Gasteiger partial charge in [-0.15, -0.1) is 0 Å². The molecule has 3 aromatic rings. The third-order valence-corrected chi connectivity index (χ3v) is 5.22. The summed E-state index contributed by atoms with van der Waals surface area (Å²) < 4.78 is 22.0. The zero-order chi connectivity index (χ0) is 25.8. The molecule has 7 heteroatoms. The molecule has 0 bridgehead atoms. The molecule has 0 aliphatic heterocycles. The predicted octanol–water partition coefficient (Wildman–Crippen LogP) is 4.84. The van der Waals surface area contributed by atoms with Crippen molar-refractivity contribution >= 4 is 24.0 Å². The first-order valence-corrected chi connectivity index (χ1v) is 11.3. The lowest BCUT2D eigenvalue weighted by molar-refractivity contribution is -0.143. The van der Waals surface area contributed by atoms with E-state index in [2.05, 4.69) is 5.32 Å². The quantitative estimate of drug-likeness (QED) is 0.308. The Morgan fingerprint density at radius 2 is 1.31 bits per heavy atom. The van der Waals surface area contributed by atoms with Gasteiger partial charge in [-0.05, 0) is 35.4 Å². The Balaban J connectivity index is 1.81. The maximum Gasteiger partial charge on any atom is 0.331 e. The van der Waals surface area contributed by atoms with E-state index in [1.165, 1.54) is 33.5 Å². The summed E-state index contributed by atoms with van der Waals surface area (Å²) >= 11 is 0. The lowest BCUT2D eigenvalue weighted by atomic mass is 10.1. The van der Waals surface area contributed by atoms with E-state index in [4.69, 9.17) is 18.9 Å². The van der Waals surface area contributed by atoms with Gasteiger partial charge in [-0.25, -0.2) is 4.79 Å². The molecule has 36 heavy (non-hydrogen) atoms. The van der Waals surface area contributed by atoms with Crippen molar-refractivity contribution in [2.75, 3.05) is 27.9 Å². The number of methoxy groups -OCH3 is 3. The zero-order valence-electron chi connectivity index (χ0n) is 20.5. The van der Waals surface area contributed by atoms with Crippen molar-refractivity contribution in [3.8, 4) is 17.2 Å². The normalized spacial score (nSPS) is 11.8. The van der Waals surface area contributed by atoms with Crippen LogP contribution in [0.25, 0.3) is 12.2 Å². The molecule has 7 nitrogen and oxygen atoms in total. The monoisotopic (exact) mass is 487 g/mol.